The summed E-state index contributed by atoms with van der Waals surface area (Å²) in [5.74, 6) is 0.388. The van der Waals surface area contributed by atoms with Crippen LogP contribution in [0, 0.1) is 5.92 Å². The van der Waals surface area contributed by atoms with E-state index in [1.54, 1.807) is 32.3 Å². The Morgan fingerprint density at radius 1 is 1.14 bits per heavy atom. The molecule has 0 saturated heterocycles. The molecule has 1 aromatic heterocycles. The van der Waals surface area contributed by atoms with Crippen molar-refractivity contribution in [3.8, 4) is 0 Å². The van der Waals surface area contributed by atoms with Gasteiger partial charge in [-0.2, -0.15) is 0 Å². The lowest BCUT2D eigenvalue weighted by molar-refractivity contribution is -0.120. The van der Waals surface area contributed by atoms with Crippen molar-refractivity contribution in [3.63, 3.8) is 0 Å². The van der Waals surface area contributed by atoms with Gasteiger partial charge >= 0.3 is 0 Å². The average molecular weight is 289 g/mol. The van der Waals surface area contributed by atoms with Crippen LogP contribution < -0.4 is 5.32 Å². The normalized spacial score (nSPS) is 16.1. The SMILES string of the molecule is CN(C)C(=O)c1cccc(NC(=O)C2CCCCCC2)n1. The lowest BCUT2D eigenvalue weighted by Gasteiger charge is -2.14. The number of carbonyl (C=O) groups is 2. The molecular weight excluding hydrogens is 266 g/mol. The minimum atomic E-state index is -0.166. The molecule has 21 heavy (non-hydrogen) atoms. The molecule has 0 spiro atoms. The Hall–Kier alpha value is -1.91. The molecule has 1 heterocycles. The summed E-state index contributed by atoms with van der Waals surface area (Å²) in [5.41, 5.74) is 0.346. The van der Waals surface area contributed by atoms with Crippen molar-refractivity contribution in [1.82, 2.24) is 9.88 Å². The fraction of sp³-hybridized carbons (Fsp3) is 0.562. The van der Waals surface area contributed by atoms with Crippen molar-refractivity contribution >= 4 is 17.6 Å². The van der Waals surface area contributed by atoms with Gasteiger partial charge in [0.25, 0.3) is 5.91 Å². The largest absolute Gasteiger partial charge is 0.343 e. The summed E-state index contributed by atoms with van der Waals surface area (Å²) in [4.78, 5) is 29.9. The molecule has 0 bridgehead atoms. The summed E-state index contributed by atoms with van der Waals surface area (Å²) in [6, 6.07) is 5.12. The Labute approximate surface area is 125 Å². The zero-order valence-corrected chi connectivity index (χ0v) is 12.8. The highest BCUT2D eigenvalue weighted by molar-refractivity contribution is 5.94. The molecule has 114 valence electrons. The number of nitrogens with zero attached hydrogens (tertiary/aromatic N) is 2. The predicted molar refractivity (Wildman–Crippen MR) is 82.1 cm³/mol. The first-order chi connectivity index (χ1) is 10.1. The molecule has 1 saturated carbocycles. The number of carbonyl (C=O) groups excluding carboxylic acids is 2. The summed E-state index contributed by atoms with van der Waals surface area (Å²) in [7, 11) is 3.36. The van der Waals surface area contributed by atoms with Gasteiger partial charge < -0.3 is 10.2 Å². The van der Waals surface area contributed by atoms with E-state index in [1.807, 2.05) is 0 Å². The minimum absolute atomic E-state index is 0.0267. The molecule has 1 aliphatic rings. The van der Waals surface area contributed by atoms with E-state index < -0.39 is 0 Å². The fourth-order valence-corrected chi connectivity index (χ4v) is 2.62. The van der Waals surface area contributed by atoms with Gasteiger partial charge in [0.2, 0.25) is 5.91 Å². The minimum Gasteiger partial charge on any atom is -0.343 e. The van der Waals surface area contributed by atoms with E-state index in [1.165, 1.54) is 17.7 Å². The summed E-state index contributed by atoms with van der Waals surface area (Å²) in [6.07, 6.45) is 6.56. The van der Waals surface area contributed by atoms with Crippen LogP contribution in [0.5, 0.6) is 0 Å². The van der Waals surface area contributed by atoms with Crippen LogP contribution in [0.25, 0.3) is 0 Å². The molecule has 5 heteroatoms. The number of hydrogen-bond acceptors (Lipinski definition) is 3. The number of anilines is 1. The highest BCUT2D eigenvalue weighted by Crippen LogP contribution is 2.24. The maximum Gasteiger partial charge on any atom is 0.272 e. The van der Waals surface area contributed by atoms with Crippen LogP contribution in [0.4, 0.5) is 5.82 Å². The molecule has 1 N–H and O–H groups in total. The molecule has 1 fully saturated rings. The third-order valence-corrected chi connectivity index (χ3v) is 3.85. The standard InChI is InChI=1S/C16H23N3O2/c1-19(2)16(21)13-10-7-11-14(17-13)18-15(20)12-8-5-3-4-6-9-12/h7,10-12H,3-6,8-9H2,1-2H3,(H,17,18,20). The smallest absolute Gasteiger partial charge is 0.272 e. The van der Waals surface area contributed by atoms with Crippen LogP contribution >= 0.6 is 0 Å². The highest BCUT2D eigenvalue weighted by Gasteiger charge is 2.20. The van der Waals surface area contributed by atoms with Crippen LogP contribution in [-0.4, -0.2) is 35.8 Å². The molecule has 5 nitrogen and oxygen atoms in total. The highest BCUT2D eigenvalue weighted by atomic mass is 16.2. The number of amides is 2. The van der Waals surface area contributed by atoms with E-state index >= 15 is 0 Å². The van der Waals surface area contributed by atoms with E-state index in [4.69, 9.17) is 0 Å². The molecule has 0 unspecified atom stereocenters. The van der Waals surface area contributed by atoms with Gasteiger partial charge in [0.05, 0.1) is 0 Å². The molecule has 2 amide bonds. The molecule has 0 aromatic carbocycles. The number of hydrogen-bond donors (Lipinski definition) is 1. The first kappa shape index (κ1) is 15.5. The molecular formula is C16H23N3O2. The monoisotopic (exact) mass is 289 g/mol. The Bertz CT molecular complexity index is 506. The molecule has 2 rings (SSSR count). The molecule has 0 aliphatic heterocycles. The van der Waals surface area contributed by atoms with E-state index in [0.717, 1.165) is 25.7 Å². The summed E-state index contributed by atoms with van der Waals surface area (Å²) in [6.45, 7) is 0. The topological polar surface area (TPSA) is 62.3 Å². The number of nitrogens with one attached hydrogen (secondary N) is 1. The average Bonchev–Trinajstić information content (AvgIpc) is 2.75. The fourth-order valence-electron chi connectivity index (χ4n) is 2.62. The van der Waals surface area contributed by atoms with Crippen molar-refractivity contribution in [2.75, 3.05) is 19.4 Å². The second kappa shape index (κ2) is 7.20. The van der Waals surface area contributed by atoms with Gasteiger partial charge in [0, 0.05) is 20.0 Å². The Morgan fingerprint density at radius 2 is 1.81 bits per heavy atom. The summed E-state index contributed by atoms with van der Waals surface area (Å²) < 4.78 is 0. The van der Waals surface area contributed by atoms with E-state index in [9.17, 15) is 9.59 Å². The van der Waals surface area contributed by atoms with Gasteiger partial charge in [-0.25, -0.2) is 4.98 Å². The first-order valence-corrected chi connectivity index (χ1v) is 7.57. The van der Waals surface area contributed by atoms with Gasteiger partial charge in [0.15, 0.2) is 0 Å². The van der Waals surface area contributed by atoms with E-state index in [2.05, 4.69) is 10.3 Å². The van der Waals surface area contributed by atoms with E-state index in [-0.39, 0.29) is 17.7 Å². The van der Waals surface area contributed by atoms with Crippen LogP contribution in [0.15, 0.2) is 18.2 Å². The van der Waals surface area contributed by atoms with Crippen molar-refractivity contribution < 1.29 is 9.59 Å². The first-order valence-electron chi connectivity index (χ1n) is 7.57. The van der Waals surface area contributed by atoms with Gasteiger partial charge in [-0.05, 0) is 25.0 Å². The van der Waals surface area contributed by atoms with Crippen molar-refractivity contribution in [3.05, 3.63) is 23.9 Å². The van der Waals surface area contributed by atoms with Gasteiger partial charge in [-0.15, -0.1) is 0 Å². The number of pyridine rings is 1. The Morgan fingerprint density at radius 3 is 2.43 bits per heavy atom. The van der Waals surface area contributed by atoms with Crippen LogP contribution in [0.3, 0.4) is 0 Å². The van der Waals surface area contributed by atoms with Crippen molar-refractivity contribution in [2.45, 2.75) is 38.5 Å². The lowest BCUT2D eigenvalue weighted by Crippen LogP contribution is -2.25. The van der Waals surface area contributed by atoms with Gasteiger partial charge in [0.1, 0.15) is 11.5 Å². The lowest BCUT2D eigenvalue weighted by atomic mass is 9.99. The van der Waals surface area contributed by atoms with Crippen molar-refractivity contribution in [2.24, 2.45) is 5.92 Å². The predicted octanol–water partition coefficient (Wildman–Crippen LogP) is 2.69. The van der Waals surface area contributed by atoms with Crippen LogP contribution in [0.2, 0.25) is 0 Å². The Balaban J connectivity index is 2.03. The zero-order chi connectivity index (χ0) is 15.2. The molecule has 0 radical (unpaired) electrons. The summed E-state index contributed by atoms with van der Waals surface area (Å²) in [5, 5.41) is 2.85. The zero-order valence-electron chi connectivity index (χ0n) is 12.8. The third kappa shape index (κ3) is 4.28. The van der Waals surface area contributed by atoms with Crippen LogP contribution in [0.1, 0.15) is 49.0 Å². The maximum atomic E-state index is 12.3. The molecule has 1 aromatic rings. The second-order valence-corrected chi connectivity index (χ2v) is 5.79. The quantitative estimate of drug-likeness (QED) is 0.870. The molecule has 1 aliphatic carbocycles. The van der Waals surface area contributed by atoms with E-state index in [0.29, 0.717) is 11.5 Å². The van der Waals surface area contributed by atoms with Crippen LogP contribution in [-0.2, 0) is 4.79 Å². The summed E-state index contributed by atoms with van der Waals surface area (Å²) >= 11 is 0. The van der Waals surface area contributed by atoms with Gasteiger partial charge in [-0.1, -0.05) is 31.7 Å². The number of rotatable bonds is 3. The second-order valence-electron chi connectivity index (χ2n) is 5.79. The Kier molecular flexibility index (Phi) is 5.31. The number of aromatic nitrogens is 1. The third-order valence-electron chi connectivity index (χ3n) is 3.85. The van der Waals surface area contributed by atoms with Gasteiger partial charge in [-0.3, -0.25) is 9.59 Å². The molecule has 0 atom stereocenters. The maximum absolute atomic E-state index is 12.3. The van der Waals surface area contributed by atoms with Crippen molar-refractivity contribution in [1.29, 1.82) is 0 Å².